The Morgan fingerprint density at radius 3 is 1.83 bits per heavy atom. The van der Waals surface area contributed by atoms with Gasteiger partial charge in [0, 0.05) is 22.1 Å². The predicted octanol–water partition coefficient (Wildman–Crippen LogP) is 13.2. The Morgan fingerprint density at radius 2 is 0.958 bits per heavy atom. The third-order valence-electron chi connectivity index (χ3n) is 9.26. The van der Waals surface area contributed by atoms with Crippen LogP contribution in [0.25, 0.3) is 66.1 Å². The lowest BCUT2D eigenvalue weighted by Gasteiger charge is -2.26. The highest BCUT2D eigenvalue weighted by molar-refractivity contribution is 6.10. The first-order valence-electron chi connectivity index (χ1n) is 16.3. The van der Waals surface area contributed by atoms with Crippen LogP contribution in [0.2, 0.25) is 0 Å². The first-order valence-corrected chi connectivity index (χ1v) is 16.3. The average Bonchev–Trinajstić information content (AvgIpc) is 3.55. The number of hydrogen-bond donors (Lipinski definition) is 0. The highest BCUT2D eigenvalue weighted by Crippen LogP contribution is 2.43. The molecule has 0 saturated carbocycles. The second-order valence-corrected chi connectivity index (χ2v) is 12.2. The van der Waals surface area contributed by atoms with Crippen molar-refractivity contribution in [1.29, 1.82) is 0 Å². The van der Waals surface area contributed by atoms with Crippen LogP contribution in [-0.4, -0.2) is 0 Å². The van der Waals surface area contributed by atoms with Gasteiger partial charge in [0.15, 0.2) is 5.58 Å². The number of para-hydroxylation sites is 2. The third-order valence-corrected chi connectivity index (χ3v) is 9.26. The van der Waals surface area contributed by atoms with Crippen LogP contribution in [0.3, 0.4) is 0 Å². The first kappa shape index (κ1) is 27.9. The second kappa shape index (κ2) is 11.8. The summed E-state index contributed by atoms with van der Waals surface area (Å²) in [7, 11) is 0. The molecule has 0 fully saturated rings. The fourth-order valence-electron chi connectivity index (χ4n) is 6.94. The summed E-state index contributed by atoms with van der Waals surface area (Å²) >= 11 is 0. The lowest BCUT2D eigenvalue weighted by Crippen LogP contribution is -2.10. The maximum Gasteiger partial charge on any atom is 0.159 e. The van der Waals surface area contributed by atoms with Crippen LogP contribution in [0.5, 0.6) is 0 Å². The van der Waals surface area contributed by atoms with E-state index in [4.69, 9.17) is 4.42 Å². The Labute approximate surface area is 279 Å². The monoisotopic (exact) mass is 613 g/mol. The Balaban J connectivity index is 1.16. The van der Waals surface area contributed by atoms with Crippen LogP contribution < -0.4 is 4.90 Å². The van der Waals surface area contributed by atoms with E-state index < -0.39 is 0 Å². The Kier molecular flexibility index (Phi) is 6.84. The second-order valence-electron chi connectivity index (χ2n) is 12.2. The van der Waals surface area contributed by atoms with Crippen LogP contribution in [0.15, 0.2) is 192 Å². The molecule has 0 N–H and O–H groups in total. The van der Waals surface area contributed by atoms with E-state index in [0.717, 1.165) is 44.6 Å². The van der Waals surface area contributed by atoms with Crippen molar-refractivity contribution < 1.29 is 4.42 Å². The van der Waals surface area contributed by atoms with Gasteiger partial charge in [-0.05, 0) is 86.6 Å². The van der Waals surface area contributed by atoms with E-state index in [1.807, 2.05) is 12.1 Å². The summed E-state index contributed by atoms with van der Waals surface area (Å²) in [6.45, 7) is 0. The maximum atomic E-state index is 6.56. The van der Waals surface area contributed by atoms with Gasteiger partial charge in [-0.25, -0.2) is 0 Å². The number of fused-ring (bicyclic) bond motifs is 4. The van der Waals surface area contributed by atoms with E-state index in [-0.39, 0.29) is 0 Å². The highest BCUT2D eigenvalue weighted by Gasteiger charge is 2.20. The summed E-state index contributed by atoms with van der Waals surface area (Å²) in [5.41, 5.74) is 12.0. The Morgan fingerprint density at radius 1 is 0.354 bits per heavy atom. The molecular formula is C46H31NO. The zero-order valence-electron chi connectivity index (χ0n) is 26.3. The zero-order chi connectivity index (χ0) is 31.9. The van der Waals surface area contributed by atoms with Gasteiger partial charge >= 0.3 is 0 Å². The molecule has 1 heterocycles. The molecule has 0 aliphatic carbocycles. The summed E-state index contributed by atoms with van der Waals surface area (Å²) in [4.78, 5) is 2.31. The van der Waals surface area contributed by atoms with Crippen LogP contribution >= 0.6 is 0 Å². The van der Waals surface area contributed by atoms with Gasteiger partial charge in [-0.2, -0.15) is 0 Å². The zero-order valence-corrected chi connectivity index (χ0v) is 26.3. The Bertz CT molecular complexity index is 2560. The van der Waals surface area contributed by atoms with Gasteiger partial charge in [0.25, 0.3) is 0 Å². The number of anilines is 3. The van der Waals surface area contributed by atoms with E-state index in [1.165, 1.54) is 38.6 Å². The first-order chi connectivity index (χ1) is 23.8. The molecule has 0 amide bonds. The van der Waals surface area contributed by atoms with E-state index in [2.05, 4.69) is 181 Å². The van der Waals surface area contributed by atoms with E-state index in [1.54, 1.807) is 0 Å². The van der Waals surface area contributed by atoms with Crippen molar-refractivity contribution in [3.05, 3.63) is 188 Å². The molecule has 1 aromatic heterocycles. The number of rotatable bonds is 6. The summed E-state index contributed by atoms with van der Waals surface area (Å²) in [6.07, 6.45) is 0. The molecule has 0 radical (unpaired) electrons. The molecule has 2 nitrogen and oxygen atoms in total. The van der Waals surface area contributed by atoms with E-state index in [0.29, 0.717) is 0 Å². The number of hydrogen-bond acceptors (Lipinski definition) is 2. The normalized spacial score (nSPS) is 11.3. The minimum Gasteiger partial charge on any atom is -0.454 e. The molecule has 2 heteroatoms. The minimum absolute atomic E-state index is 0.871. The molecule has 0 unspecified atom stereocenters. The van der Waals surface area contributed by atoms with Crippen LogP contribution in [0, 0.1) is 0 Å². The summed E-state index contributed by atoms with van der Waals surface area (Å²) in [5, 5.41) is 4.74. The van der Waals surface area contributed by atoms with Crippen molar-refractivity contribution in [2.24, 2.45) is 0 Å². The van der Waals surface area contributed by atoms with Crippen molar-refractivity contribution in [2.45, 2.75) is 0 Å². The highest BCUT2D eigenvalue weighted by atomic mass is 16.3. The molecule has 0 saturated heterocycles. The van der Waals surface area contributed by atoms with Gasteiger partial charge in [-0.15, -0.1) is 0 Å². The molecule has 0 spiro atoms. The molecule has 0 aliphatic heterocycles. The van der Waals surface area contributed by atoms with Crippen molar-refractivity contribution in [2.75, 3.05) is 4.90 Å². The third kappa shape index (κ3) is 4.92. The quantitative estimate of drug-likeness (QED) is 0.185. The fraction of sp³-hybridized carbons (Fsp3) is 0. The van der Waals surface area contributed by atoms with Crippen molar-refractivity contribution in [1.82, 2.24) is 0 Å². The molecule has 0 aliphatic rings. The van der Waals surface area contributed by atoms with Crippen LogP contribution in [0.4, 0.5) is 17.1 Å². The molecule has 226 valence electrons. The molecular weight excluding hydrogens is 583 g/mol. The van der Waals surface area contributed by atoms with E-state index >= 15 is 0 Å². The number of nitrogens with zero attached hydrogens (tertiary/aromatic N) is 1. The van der Waals surface area contributed by atoms with Gasteiger partial charge in [0.1, 0.15) is 5.58 Å². The van der Waals surface area contributed by atoms with Crippen molar-refractivity contribution >= 4 is 49.8 Å². The lowest BCUT2D eigenvalue weighted by atomic mass is 9.95. The minimum atomic E-state index is 0.871. The van der Waals surface area contributed by atoms with Gasteiger partial charge in [-0.1, -0.05) is 146 Å². The van der Waals surface area contributed by atoms with Crippen LogP contribution in [-0.2, 0) is 0 Å². The topological polar surface area (TPSA) is 16.4 Å². The molecule has 0 bridgehead atoms. The molecule has 9 rings (SSSR count). The molecule has 9 aromatic rings. The van der Waals surface area contributed by atoms with Crippen LogP contribution in [0.1, 0.15) is 0 Å². The molecule has 48 heavy (non-hydrogen) atoms. The maximum absolute atomic E-state index is 6.56. The molecule has 0 atom stereocenters. The Hall–Kier alpha value is -6.38. The molecule has 8 aromatic carbocycles. The van der Waals surface area contributed by atoms with Crippen molar-refractivity contribution in [3.8, 4) is 33.4 Å². The van der Waals surface area contributed by atoms with Gasteiger partial charge < -0.3 is 9.32 Å². The van der Waals surface area contributed by atoms with Gasteiger partial charge in [-0.3, -0.25) is 0 Å². The summed E-state index contributed by atoms with van der Waals surface area (Å²) in [5.74, 6) is 0. The van der Waals surface area contributed by atoms with Gasteiger partial charge in [0.2, 0.25) is 0 Å². The lowest BCUT2D eigenvalue weighted by molar-refractivity contribution is 0.669. The van der Waals surface area contributed by atoms with Crippen molar-refractivity contribution in [3.63, 3.8) is 0 Å². The standard InChI is InChI=1S/C46H31NO/c1-2-12-32(13-3-1)36-17-9-19-39(31-36)47(44-24-11-23-43-42-21-6-7-25-45(42)48-46(43)44)38-28-26-33(27-29-38)35-16-8-18-37(30-35)41-22-10-15-34-14-4-5-20-40(34)41/h1-31H. The summed E-state index contributed by atoms with van der Waals surface area (Å²) in [6, 6.07) is 66.9. The van der Waals surface area contributed by atoms with E-state index in [9.17, 15) is 0 Å². The number of furan rings is 1. The fourth-order valence-corrected chi connectivity index (χ4v) is 6.94. The average molecular weight is 614 g/mol. The van der Waals surface area contributed by atoms with Gasteiger partial charge in [0.05, 0.1) is 5.69 Å². The smallest absolute Gasteiger partial charge is 0.159 e. The predicted molar refractivity (Wildman–Crippen MR) is 202 cm³/mol. The summed E-state index contributed by atoms with van der Waals surface area (Å²) < 4.78 is 6.56. The number of benzene rings is 8. The largest absolute Gasteiger partial charge is 0.454 e. The SMILES string of the molecule is c1ccc(-c2cccc(N(c3ccc(-c4cccc(-c5cccc6ccccc56)c4)cc3)c3cccc4c3oc3ccccc34)c2)cc1.